The van der Waals surface area contributed by atoms with E-state index in [-0.39, 0.29) is 12.5 Å². The molecule has 0 atom stereocenters. The van der Waals surface area contributed by atoms with Crippen LogP contribution in [0.4, 0.5) is 5.69 Å². The molecule has 0 saturated heterocycles. The summed E-state index contributed by atoms with van der Waals surface area (Å²) in [7, 11) is 3.68. The van der Waals surface area contributed by atoms with Crippen molar-refractivity contribution in [3.8, 4) is 0 Å². The minimum atomic E-state index is -0.0639. The SMILES string of the molecule is CN(C)NCC(=O)Nc1ccc(Br)cc1. The fourth-order valence-electron chi connectivity index (χ4n) is 0.968. The molecule has 1 aromatic rings. The molecule has 1 rings (SSSR count). The molecule has 0 radical (unpaired) electrons. The first-order chi connectivity index (χ1) is 7.08. The lowest BCUT2D eigenvalue weighted by Gasteiger charge is -2.11. The van der Waals surface area contributed by atoms with Crippen LogP contribution < -0.4 is 10.7 Å². The van der Waals surface area contributed by atoms with Crippen LogP contribution in [0.25, 0.3) is 0 Å². The number of anilines is 1. The van der Waals surface area contributed by atoms with Gasteiger partial charge in [-0.05, 0) is 24.3 Å². The van der Waals surface area contributed by atoms with Crippen molar-refractivity contribution in [3.05, 3.63) is 28.7 Å². The number of amides is 1. The zero-order valence-corrected chi connectivity index (χ0v) is 10.3. The smallest absolute Gasteiger partial charge is 0.239 e. The third-order valence-corrected chi connectivity index (χ3v) is 2.21. The summed E-state index contributed by atoms with van der Waals surface area (Å²) in [5.74, 6) is -0.0639. The summed E-state index contributed by atoms with van der Waals surface area (Å²) < 4.78 is 0.993. The van der Waals surface area contributed by atoms with Gasteiger partial charge >= 0.3 is 0 Å². The molecular formula is C10H14BrN3O. The van der Waals surface area contributed by atoms with Gasteiger partial charge in [-0.2, -0.15) is 0 Å². The van der Waals surface area contributed by atoms with E-state index in [2.05, 4.69) is 26.7 Å². The number of carbonyl (C=O) groups excluding carboxylic acids is 1. The minimum absolute atomic E-state index is 0.0639. The van der Waals surface area contributed by atoms with Gasteiger partial charge in [0, 0.05) is 24.3 Å². The van der Waals surface area contributed by atoms with Crippen molar-refractivity contribution in [2.24, 2.45) is 0 Å². The van der Waals surface area contributed by atoms with Gasteiger partial charge in [-0.1, -0.05) is 15.9 Å². The van der Waals surface area contributed by atoms with Gasteiger partial charge in [-0.25, -0.2) is 5.43 Å². The average molecular weight is 272 g/mol. The van der Waals surface area contributed by atoms with E-state index in [4.69, 9.17) is 0 Å². The van der Waals surface area contributed by atoms with Gasteiger partial charge in [0.2, 0.25) is 5.91 Å². The molecule has 0 heterocycles. The molecule has 0 aliphatic carbocycles. The predicted octanol–water partition coefficient (Wildman–Crippen LogP) is 1.45. The van der Waals surface area contributed by atoms with Crippen molar-refractivity contribution in [2.75, 3.05) is 26.0 Å². The Morgan fingerprint density at radius 3 is 2.47 bits per heavy atom. The summed E-state index contributed by atoms with van der Waals surface area (Å²) in [6.45, 7) is 0.267. The lowest BCUT2D eigenvalue weighted by molar-refractivity contribution is -0.116. The lowest BCUT2D eigenvalue weighted by Crippen LogP contribution is -2.37. The molecule has 0 fully saturated rings. The summed E-state index contributed by atoms with van der Waals surface area (Å²) in [5.41, 5.74) is 3.68. The Hall–Kier alpha value is -0.910. The van der Waals surface area contributed by atoms with E-state index in [1.807, 2.05) is 38.4 Å². The Kier molecular flexibility index (Phi) is 4.74. The van der Waals surface area contributed by atoms with Crippen molar-refractivity contribution < 1.29 is 4.79 Å². The Balaban J connectivity index is 2.41. The molecule has 1 aromatic carbocycles. The number of carbonyl (C=O) groups is 1. The number of hydrazine groups is 1. The molecule has 0 unspecified atom stereocenters. The third kappa shape index (κ3) is 4.92. The van der Waals surface area contributed by atoms with Crippen LogP contribution >= 0.6 is 15.9 Å². The van der Waals surface area contributed by atoms with Gasteiger partial charge in [0.1, 0.15) is 0 Å². The Labute approximate surface area is 97.7 Å². The van der Waals surface area contributed by atoms with Crippen LogP contribution in [0.5, 0.6) is 0 Å². The molecule has 2 N–H and O–H groups in total. The number of hydrogen-bond donors (Lipinski definition) is 2. The van der Waals surface area contributed by atoms with Crippen LogP contribution in [0, 0.1) is 0 Å². The topological polar surface area (TPSA) is 44.4 Å². The van der Waals surface area contributed by atoms with Gasteiger partial charge in [-0.3, -0.25) is 9.80 Å². The first-order valence-electron chi connectivity index (χ1n) is 4.54. The van der Waals surface area contributed by atoms with Crippen molar-refractivity contribution in [1.82, 2.24) is 10.4 Å². The zero-order valence-electron chi connectivity index (χ0n) is 8.75. The molecule has 0 saturated carbocycles. The number of rotatable bonds is 4. The second kappa shape index (κ2) is 5.85. The summed E-state index contributed by atoms with van der Waals surface area (Å²) in [6.07, 6.45) is 0. The number of benzene rings is 1. The maximum absolute atomic E-state index is 11.4. The molecule has 1 amide bonds. The second-order valence-electron chi connectivity index (χ2n) is 3.28. The fraction of sp³-hybridized carbons (Fsp3) is 0.300. The number of hydrogen-bond acceptors (Lipinski definition) is 3. The van der Waals surface area contributed by atoms with Gasteiger partial charge in [0.25, 0.3) is 0 Å². The molecule has 0 spiro atoms. The molecule has 0 bridgehead atoms. The van der Waals surface area contributed by atoms with Crippen LogP contribution in [-0.4, -0.2) is 31.6 Å². The summed E-state index contributed by atoms with van der Waals surface area (Å²) in [5, 5.41) is 4.51. The van der Waals surface area contributed by atoms with Gasteiger partial charge in [-0.15, -0.1) is 0 Å². The highest BCUT2D eigenvalue weighted by Gasteiger charge is 2.01. The molecule has 0 aromatic heterocycles. The van der Waals surface area contributed by atoms with E-state index < -0.39 is 0 Å². The molecule has 82 valence electrons. The predicted molar refractivity (Wildman–Crippen MR) is 64.5 cm³/mol. The number of halogens is 1. The van der Waals surface area contributed by atoms with Crippen LogP contribution in [0.1, 0.15) is 0 Å². The van der Waals surface area contributed by atoms with E-state index in [9.17, 15) is 4.79 Å². The quantitative estimate of drug-likeness (QED) is 0.815. The van der Waals surface area contributed by atoms with Crippen LogP contribution in [0.15, 0.2) is 28.7 Å². The highest BCUT2D eigenvalue weighted by molar-refractivity contribution is 9.10. The van der Waals surface area contributed by atoms with Crippen molar-refractivity contribution in [1.29, 1.82) is 0 Å². The molecular weight excluding hydrogens is 258 g/mol. The third-order valence-electron chi connectivity index (χ3n) is 1.68. The zero-order chi connectivity index (χ0) is 11.3. The monoisotopic (exact) mass is 271 g/mol. The largest absolute Gasteiger partial charge is 0.325 e. The maximum Gasteiger partial charge on any atom is 0.239 e. The number of nitrogens with zero attached hydrogens (tertiary/aromatic N) is 1. The molecule has 4 nitrogen and oxygen atoms in total. The van der Waals surface area contributed by atoms with E-state index >= 15 is 0 Å². The van der Waals surface area contributed by atoms with E-state index in [0.717, 1.165) is 10.2 Å². The Bertz CT molecular complexity index is 324. The summed E-state index contributed by atoms with van der Waals surface area (Å²) >= 11 is 3.33. The number of nitrogens with one attached hydrogen (secondary N) is 2. The highest BCUT2D eigenvalue weighted by Crippen LogP contribution is 2.13. The highest BCUT2D eigenvalue weighted by atomic mass is 79.9. The molecule has 15 heavy (non-hydrogen) atoms. The molecule has 5 heteroatoms. The molecule has 0 aliphatic heterocycles. The van der Waals surface area contributed by atoms with Gasteiger partial charge < -0.3 is 5.32 Å². The van der Waals surface area contributed by atoms with Crippen molar-refractivity contribution in [2.45, 2.75) is 0 Å². The minimum Gasteiger partial charge on any atom is -0.325 e. The maximum atomic E-state index is 11.4. The van der Waals surface area contributed by atoms with Gasteiger partial charge in [0.15, 0.2) is 0 Å². The Morgan fingerprint density at radius 1 is 1.33 bits per heavy atom. The van der Waals surface area contributed by atoms with Gasteiger partial charge in [0.05, 0.1) is 6.54 Å². The molecule has 0 aliphatic rings. The van der Waals surface area contributed by atoms with Crippen LogP contribution in [-0.2, 0) is 4.79 Å². The van der Waals surface area contributed by atoms with Crippen molar-refractivity contribution in [3.63, 3.8) is 0 Å². The van der Waals surface area contributed by atoms with Crippen molar-refractivity contribution >= 4 is 27.5 Å². The summed E-state index contributed by atoms with van der Waals surface area (Å²) in [6, 6.07) is 7.46. The average Bonchev–Trinajstić information content (AvgIpc) is 2.19. The standard InChI is InChI=1S/C10H14BrN3O/c1-14(2)12-7-10(15)13-9-5-3-8(11)4-6-9/h3-6,12H,7H2,1-2H3,(H,13,15). The summed E-state index contributed by atoms with van der Waals surface area (Å²) in [4.78, 5) is 11.4. The fourth-order valence-corrected chi connectivity index (χ4v) is 1.23. The Morgan fingerprint density at radius 2 is 1.93 bits per heavy atom. The van der Waals surface area contributed by atoms with E-state index in [0.29, 0.717) is 0 Å². The lowest BCUT2D eigenvalue weighted by atomic mass is 10.3. The first-order valence-corrected chi connectivity index (χ1v) is 5.33. The van der Waals surface area contributed by atoms with E-state index in [1.165, 1.54) is 0 Å². The van der Waals surface area contributed by atoms with Crippen LogP contribution in [0.3, 0.4) is 0 Å². The second-order valence-corrected chi connectivity index (χ2v) is 4.20. The normalized spacial score (nSPS) is 10.4. The first kappa shape index (κ1) is 12.2. The van der Waals surface area contributed by atoms with Crippen LogP contribution in [0.2, 0.25) is 0 Å². The van der Waals surface area contributed by atoms with E-state index in [1.54, 1.807) is 5.01 Å².